The van der Waals surface area contributed by atoms with Gasteiger partial charge >= 0.3 is 0 Å². The van der Waals surface area contributed by atoms with Crippen LogP contribution in [0.4, 0.5) is 0 Å². The Bertz CT molecular complexity index is 1550. The Kier molecular flexibility index (Phi) is 19.2. The van der Waals surface area contributed by atoms with Crippen LogP contribution in [0.15, 0.2) is 17.5 Å². The standard InChI is InChI=1S/C34H58N14O8/c1-18(2)27(47-29(52)21(44-25(50)15-38-5)8-6-10-40-34(36)37)31(54)42-16-26(51)46-28(19(3)4)32(55)45-22(12-20-13-39-17-43-20)33(56)48-11-7-9-23(48)30(53)41-14-24(35)49/h13,17-19,21-23,27-28,38H,6-12,14-16H2,1-5H3,(H2,35,49)(H,39,43)(H,41,53)(H,42,54)(H,44,50)(H,45,55)(H,46,51)(H,47,52)(H4,36,37,40)/t21-,22-,23-,27-,28-/m0/s1. The van der Waals surface area contributed by atoms with E-state index in [1.807, 2.05) is 0 Å². The second kappa shape index (κ2) is 23.2. The number of likely N-dealkylation sites (N-methyl/N-ethyl adjacent to an activating group) is 1. The molecule has 14 N–H and O–H groups in total. The normalized spacial score (nSPS) is 15.8. The van der Waals surface area contributed by atoms with E-state index in [1.165, 1.54) is 17.4 Å². The number of aromatic amines is 1. The largest absolute Gasteiger partial charge is 0.370 e. The lowest BCUT2D eigenvalue weighted by molar-refractivity contribution is -0.142. The molecule has 0 spiro atoms. The Morgan fingerprint density at radius 2 is 1.50 bits per heavy atom. The highest BCUT2D eigenvalue weighted by Crippen LogP contribution is 2.20. The lowest BCUT2D eigenvalue weighted by Crippen LogP contribution is -2.59. The van der Waals surface area contributed by atoms with Gasteiger partial charge in [-0.05, 0) is 44.6 Å². The number of carbonyl (C=O) groups is 8. The second-order valence-electron chi connectivity index (χ2n) is 14.1. The van der Waals surface area contributed by atoms with Crippen LogP contribution in [-0.2, 0) is 44.8 Å². The minimum atomic E-state index is -1.17. The Hall–Kier alpha value is -5.80. The molecule has 0 aliphatic carbocycles. The Balaban J connectivity index is 2.12. The van der Waals surface area contributed by atoms with Gasteiger partial charge in [0.25, 0.3) is 0 Å². The first-order valence-corrected chi connectivity index (χ1v) is 18.5. The van der Waals surface area contributed by atoms with Gasteiger partial charge in [-0.2, -0.15) is 0 Å². The third-order valence-corrected chi connectivity index (χ3v) is 8.74. The number of nitrogens with one attached hydrogen (secondary N) is 8. The van der Waals surface area contributed by atoms with E-state index in [1.54, 1.807) is 34.7 Å². The highest BCUT2D eigenvalue weighted by Gasteiger charge is 2.39. The van der Waals surface area contributed by atoms with Gasteiger partial charge in [-0.3, -0.25) is 43.3 Å². The minimum Gasteiger partial charge on any atom is -0.370 e. The summed E-state index contributed by atoms with van der Waals surface area (Å²) in [5.41, 5.74) is 16.4. The third-order valence-electron chi connectivity index (χ3n) is 8.74. The molecule has 0 aromatic carbocycles. The SMILES string of the molecule is CNCC(=O)N[C@@H](CCCN=C(N)N)C(=O)N[C@H](C(=O)NCC(=O)N[C@H](C(=O)N[C@@H](Cc1cnc[nH]1)C(=O)N1CCC[C@H]1C(=O)NCC(N)=O)C(C)C)C(C)C. The van der Waals surface area contributed by atoms with Crippen LogP contribution in [0.1, 0.15) is 59.1 Å². The first-order chi connectivity index (χ1) is 26.4. The summed E-state index contributed by atoms with van der Waals surface area (Å²) in [5, 5.41) is 18.2. The van der Waals surface area contributed by atoms with Crippen molar-refractivity contribution in [2.24, 2.45) is 34.0 Å². The molecule has 0 radical (unpaired) electrons. The molecular weight excluding hydrogens is 732 g/mol. The number of hydrogen-bond donors (Lipinski definition) is 11. The number of guanidine groups is 1. The van der Waals surface area contributed by atoms with Crippen molar-refractivity contribution in [3.63, 3.8) is 0 Å². The molecule has 312 valence electrons. The molecule has 1 aliphatic rings. The lowest BCUT2D eigenvalue weighted by Gasteiger charge is -2.30. The molecular formula is C34H58N14O8. The molecule has 1 saturated heterocycles. The average Bonchev–Trinajstić information content (AvgIpc) is 3.84. The van der Waals surface area contributed by atoms with Gasteiger partial charge in [-0.15, -0.1) is 0 Å². The maximum absolute atomic E-state index is 13.9. The van der Waals surface area contributed by atoms with Crippen molar-refractivity contribution in [1.29, 1.82) is 0 Å². The van der Waals surface area contributed by atoms with E-state index < -0.39 is 102 Å². The van der Waals surface area contributed by atoms with Crippen LogP contribution in [-0.4, -0.2) is 138 Å². The van der Waals surface area contributed by atoms with Crippen molar-refractivity contribution in [3.05, 3.63) is 18.2 Å². The predicted octanol–water partition coefficient (Wildman–Crippen LogP) is -4.81. The van der Waals surface area contributed by atoms with Gasteiger partial charge in [0.1, 0.15) is 30.2 Å². The van der Waals surface area contributed by atoms with Crippen LogP contribution >= 0.6 is 0 Å². The zero-order chi connectivity index (χ0) is 41.9. The number of rotatable bonds is 23. The van der Waals surface area contributed by atoms with Crippen molar-refractivity contribution in [2.75, 3.05) is 39.8 Å². The zero-order valence-electron chi connectivity index (χ0n) is 32.6. The second-order valence-corrected chi connectivity index (χ2v) is 14.1. The molecule has 22 heteroatoms. The van der Waals surface area contributed by atoms with E-state index in [2.05, 4.69) is 52.2 Å². The van der Waals surface area contributed by atoms with Crippen LogP contribution < -0.4 is 54.4 Å². The molecule has 0 bridgehead atoms. The summed E-state index contributed by atoms with van der Waals surface area (Å²) in [4.78, 5) is 116. The number of nitrogens with zero attached hydrogens (tertiary/aromatic N) is 3. The number of primary amides is 1. The molecule has 1 aliphatic heterocycles. The first-order valence-electron chi connectivity index (χ1n) is 18.5. The summed E-state index contributed by atoms with van der Waals surface area (Å²) in [5.74, 6) is -6.02. The first kappa shape index (κ1) is 46.4. The molecule has 1 aromatic rings. The number of hydrogen-bond acceptors (Lipinski definition) is 11. The highest BCUT2D eigenvalue weighted by atomic mass is 16.2. The molecule has 1 aromatic heterocycles. The molecule has 1 fully saturated rings. The number of imidazole rings is 1. The molecule has 2 heterocycles. The van der Waals surface area contributed by atoms with Crippen LogP contribution in [0, 0.1) is 11.8 Å². The summed E-state index contributed by atoms with van der Waals surface area (Å²) in [6, 6.07) is -5.30. The van der Waals surface area contributed by atoms with Crippen LogP contribution in [0.5, 0.6) is 0 Å². The van der Waals surface area contributed by atoms with E-state index in [4.69, 9.17) is 17.2 Å². The van der Waals surface area contributed by atoms with Crippen LogP contribution in [0.3, 0.4) is 0 Å². The summed E-state index contributed by atoms with van der Waals surface area (Å²) in [6.45, 7) is 6.20. The monoisotopic (exact) mass is 790 g/mol. The van der Waals surface area contributed by atoms with E-state index in [0.29, 0.717) is 25.0 Å². The summed E-state index contributed by atoms with van der Waals surface area (Å²) >= 11 is 0. The van der Waals surface area contributed by atoms with Gasteiger partial charge in [-0.25, -0.2) is 4.98 Å². The fourth-order valence-corrected chi connectivity index (χ4v) is 5.88. The molecule has 5 atom stereocenters. The molecule has 22 nitrogen and oxygen atoms in total. The number of H-pyrrole nitrogens is 1. The summed E-state index contributed by atoms with van der Waals surface area (Å²) in [6.07, 6.45) is 4.26. The molecule has 0 unspecified atom stereocenters. The maximum Gasteiger partial charge on any atom is 0.246 e. The third kappa shape index (κ3) is 15.5. The number of aliphatic imine (C=N–C) groups is 1. The molecule has 2 rings (SSSR count). The van der Waals surface area contributed by atoms with E-state index in [-0.39, 0.29) is 38.4 Å². The number of likely N-dealkylation sites (tertiary alicyclic amines) is 1. The molecule has 56 heavy (non-hydrogen) atoms. The van der Waals surface area contributed by atoms with Crippen LogP contribution in [0.2, 0.25) is 0 Å². The van der Waals surface area contributed by atoms with Gasteiger partial charge < -0.3 is 64.3 Å². The van der Waals surface area contributed by atoms with E-state index >= 15 is 0 Å². The van der Waals surface area contributed by atoms with E-state index in [0.717, 1.165) is 0 Å². The lowest BCUT2D eigenvalue weighted by atomic mass is 10.0. The van der Waals surface area contributed by atoms with Crippen LogP contribution in [0.25, 0.3) is 0 Å². The zero-order valence-corrected chi connectivity index (χ0v) is 32.6. The minimum absolute atomic E-state index is 0.00980. The Morgan fingerprint density at radius 3 is 2.09 bits per heavy atom. The fraction of sp³-hybridized carbons (Fsp3) is 0.647. The summed E-state index contributed by atoms with van der Waals surface area (Å²) < 4.78 is 0. The maximum atomic E-state index is 13.9. The number of amides is 8. The highest BCUT2D eigenvalue weighted by molar-refractivity contribution is 5.97. The molecule has 0 saturated carbocycles. The topological polar surface area (TPSA) is 343 Å². The molecule has 8 amide bonds. The van der Waals surface area contributed by atoms with Gasteiger partial charge in [0, 0.05) is 31.4 Å². The quantitative estimate of drug-likeness (QED) is 0.0283. The number of nitrogens with two attached hydrogens (primary N) is 3. The van der Waals surface area contributed by atoms with Crippen molar-refractivity contribution >= 4 is 53.2 Å². The Morgan fingerprint density at radius 1 is 0.839 bits per heavy atom. The van der Waals surface area contributed by atoms with Gasteiger partial charge in [0.05, 0.1) is 26.0 Å². The average molecular weight is 791 g/mol. The number of carbonyl (C=O) groups excluding carboxylic acids is 8. The fourth-order valence-electron chi connectivity index (χ4n) is 5.88. The van der Waals surface area contributed by atoms with Gasteiger partial charge in [-0.1, -0.05) is 27.7 Å². The number of aromatic nitrogens is 2. The van der Waals surface area contributed by atoms with E-state index in [9.17, 15) is 38.4 Å². The van der Waals surface area contributed by atoms with Crippen molar-refractivity contribution in [3.8, 4) is 0 Å². The Labute approximate surface area is 325 Å². The smallest absolute Gasteiger partial charge is 0.246 e. The van der Waals surface area contributed by atoms with Crippen molar-refractivity contribution < 1.29 is 38.4 Å². The van der Waals surface area contributed by atoms with Crippen molar-refractivity contribution in [1.82, 2.24) is 52.1 Å². The van der Waals surface area contributed by atoms with Gasteiger partial charge in [0.15, 0.2) is 5.96 Å². The summed E-state index contributed by atoms with van der Waals surface area (Å²) in [7, 11) is 1.57. The predicted molar refractivity (Wildman–Crippen MR) is 203 cm³/mol. The van der Waals surface area contributed by atoms with Crippen molar-refractivity contribution in [2.45, 2.75) is 90.0 Å². The van der Waals surface area contributed by atoms with Gasteiger partial charge in [0.2, 0.25) is 47.3 Å².